The number of aromatic nitrogens is 2. The molecule has 3 aromatic rings. The van der Waals surface area contributed by atoms with E-state index in [4.69, 9.17) is 5.73 Å². The first-order valence-corrected chi connectivity index (χ1v) is 6.57. The van der Waals surface area contributed by atoms with Crippen molar-refractivity contribution in [3.8, 4) is 0 Å². The summed E-state index contributed by atoms with van der Waals surface area (Å²) < 4.78 is 15.4. The van der Waals surface area contributed by atoms with Crippen LogP contribution in [0.3, 0.4) is 0 Å². The van der Waals surface area contributed by atoms with Crippen LogP contribution in [0.1, 0.15) is 16.7 Å². The van der Waals surface area contributed by atoms with Crippen molar-refractivity contribution in [1.29, 1.82) is 0 Å². The fraction of sp³-hybridized carbons (Fsp3) is 0.188. The van der Waals surface area contributed by atoms with E-state index in [9.17, 15) is 4.39 Å². The zero-order valence-corrected chi connectivity index (χ0v) is 11.3. The van der Waals surface area contributed by atoms with Crippen molar-refractivity contribution in [2.45, 2.75) is 20.0 Å². The fourth-order valence-electron chi connectivity index (χ4n) is 2.47. The second-order valence-corrected chi connectivity index (χ2v) is 4.93. The lowest BCUT2D eigenvalue weighted by Gasteiger charge is -2.08. The largest absolute Gasteiger partial charge is 0.328 e. The maximum Gasteiger partial charge on any atom is 0.140 e. The van der Waals surface area contributed by atoms with Crippen molar-refractivity contribution in [3.05, 3.63) is 65.2 Å². The Morgan fingerprint density at radius 1 is 1.25 bits per heavy atom. The van der Waals surface area contributed by atoms with Gasteiger partial charge in [-0.2, -0.15) is 0 Å². The maximum atomic E-state index is 13.4. The summed E-state index contributed by atoms with van der Waals surface area (Å²) in [6.45, 7) is 3.05. The smallest absolute Gasteiger partial charge is 0.140 e. The molecular formula is C16H16FN3. The lowest BCUT2D eigenvalue weighted by molar-refractivity contribution is 0.623. The van der Waals surface area contributed by atoms with E-state index >= 15 is 0 Å². The minimum atomic E-state index is -0.214. The quantitative estimate of drug-likeness (QED) is 0.794. The molecule has 2 heterocycles. The molecule has 3 rings (SSSR count). The highest BCUT2D eigenvalue weighted by Crippen LogP contribution is 2.21. The highest BCUT2D eigenvalue weighted by molar-refractivity contribution is 5.80. The molecule has 0 saturated heterocycles. The van der Waals surface area contributed by atoms with E-state index < -0.39 is 0 Å². The van der Waals surface area contributed by atoms with E-state index in [0.717, 1.165) is 27.7 Å². The van der Waals surface area contributed by atoms with Crippen LogP contribution in [0.25, 0.3) is 11.0 Å². The molecule has 0 spiro atoms. The second-order valence-electron chi connectivity index (χ2n) is 4.93. The first-order chi connectivity index (χ1) is 9.69. The van der Waals surface area contributed by atoms with Gasteiger partial charge in [-0.05, 0) is 47.9 Å². The van der Waals surface area contributed by atoms with Crippen molar-refractivity contribution in [2.75, 3.05) is 0 Å². The van der Waals surface area contributed by atoms with Gasteiger partial charge in [0.1, 0.15) is 11.5 Å². The third kappa shape index (κ3) is 2.18. The number of fused-ring (bicyclic) bond motifs is 1. The molecule has 0 fully saturated rings. The number of aryl methyl sites for hydroxylation is 1. The van der Waals surface area contributed by atoms with Crippen LogP contribution in [0.5, 0.6) is 0 Å². The molecule has 0 bridgehead atoms. The average molecular weight is 269 g/mol. The number of nitrogens with zero attached hydrogens (tertiary/aromatic N) is 2. The van der Waals surface area contributed by atoms with Crippen LogP contribution in [-0.2, 0) is 13.1 Å². The van der Waals surface area contributed by atoms with Gasteiger partial charge in [-0.15, -0.1) is 0 Å². The molecule has 0 radical (unpaired) electrons. The molecule has 0 amide bonds. The molecule has 0 unspecified atom stereocenters. The number of nitrogens with two attached hydrogens (primary N) is 1. The van der Waals surface area contributed by atoms with Gasteiger partial charge < -0.3 is 10.3 Å². The molecule has 2 N–H and O–H groups in total. The predicted octanol–water partition coefficient (Wildman–Crippen LogP) is 2.99. The Bertz CT molecular complexity index is 762. The van der Waals surface area contributed by atoms with E-state index in [1.165, 1.54) is 6.07 Å². The molecule has 4 heteroatoms. The Kier molecular flexibility index (Phi) is 3.24. The van der Waals surface area contributed by atoms with Gasteiger partial charge in [-0.3, -0.25) is 0 Å². The minimum absolute atomic E-state index is 0.214. The van der Waals surface area contributed by atoms with E-state index in [2.05, 4.69) is 4.98 Å². The van der Waals surface area contributed by atoms with Crippen LogP contribution in [-0.4, -0.2) is 9.55 Å². The molecule has 20 heavy (non-hydrogen) atoms. The lowest BCUT2D eigenvalue weighted by atomic mass is 10.1. The van der Waals surface area contributed by atoms with Gasteiger partial charge >= 0.3 is 0 Å². The predicted molar refractivity (Wildman–Crippen MR) is 77.9 cm³/mol. The Hall–Kier alpha value is -2.20. The first-order valence-electron chi connectivity index (χ1n) is 6.57. The standard InChI is InChI=1S/C16H16FN3/c1-11-4-5-14(17)7-12(11)9-20-10-13(8-18)15-3-2-6-19-16(15)20/h2-7,10H,8-9,18H2,1H3. The molecule has 0 aliphatic carbocycles. The first kappa shape index (κ1) is 12.8. The summed E-state index contributed by atoms with van der Waals surface area (Å²) in [5.74, 6) is -0.214. The summed E-state index contributed by atoms with van der Waals surface area (Å²) in [6, 6.07) is 8.77. The van der Waals surface area contributed by atoms with Crippen LogP contribution in [0.2, 0.25) is 0 Å². The number of hydrogen-bond donors (Lipinski definition) is 1. The van der Waals surface area contributed by atoms with Crippen LogP contribution < -0.4 is 5.73 Å². The van der Waals surface area contributed by atoms with Crippen LogP contribution in [0.4, 0.5) is 4.39 Å². The van der Waals surface area contributed by atoms with Gasteiger partial charge in [0.05, 0.1) is 0 Å². The normalized spacial score (nSPS) is 11.2. The van der Waals surface area contributed by atoms with E-state index in [1.807, 2.05) is 29.8 Å². The summed E-state index contributed by atoms with van der Waals surface area (Å²) in [5.41, 5.74) is 9.74. The lowest BCUT2D eigenvalue weighted by Crippen LogP contribution is -2.02. The van der Waals surface area contributed by atoms with E-state index in [0.29, 0.717) is 13.1 Å². The Balaban J connectivity index is 2.09. The van der Waals surface area contributed by atoms with Crippen LogP contribution >= 0.6 is 0 Å². The monoisotopic (exact) mass is 269 g/mol. The van der Waals surface area contributed by atoms with Gasteiger partial charge in [0, 0.05) is 30.9 Å². The van der Waals surface area contributed by atoms with Crippen molar-refractivity contribution < 1.29 is 4.39 Å². The maximum absolute atomic E-state index is 13.4. The van der Waals surface area contributed by atoms with Gasteiger partial charge in [-0.25, -0.2) is 9.37 Å². The molecule has 0 aliphatic rings. The van der Waals surface area contributed by atoms with Gasteiger partial charge in [0.25, 0.3) is 0 Å². The number of rotatable bonds is 3. The molecule has 2 aromatic heterocycles. The van der Waals surface area contributed by atoms with Gasteiger partial charge in [0.15, 0.2) is 0 Å². The second kappa shape index (κ2) is 5.06. The summed E-state index contributed by atoms with van der Waals surface area (Å²) in [7, 11) is 0. The third-order valence-electron chi connectivity index (χ3n) is 3.59. The number of halogens is 1. The van der Waals surface area contributed by atoms with Crippen LogP contribution in [0.15, 0.2) is 42.7 Å². The zero-order valence-electron chi connectivity index (χ0n) is 11.3. The van der Waals surface area contributed by atoms with E-state index in [1.54, 1.807) is 18.3 Å². The molecule has 0 aliphatic heterocycles. The minimum Gasteiger partial charge on any atom is -0.328 e. The Morgan fingerprint density at radius 2 is 2.10 bits per heavy atom. The van der Waals surface area contributed by atoms with Crippen LogP contribution in [0, 0.1) is 12.7 Å². The molecule has 1 aromatic carbocycles. The molecule has 3 nitrogen and oxygen atoms in total. The fourth-order valence-corrected chi connectivity index (χ4v) is 2.47. The van der Waals surface area contributed by atoms with Crippen molar-refractivity contribution in [2.24, 2.45) is 5.73 Å². The Labute approximate surface area is 116 Å². The highest BCUT2D eigenvalue weighted by Gasteiger charge is 2.09. The van der Waals surface area contributed by atoms with Crippen molar-refractivity contribution >= 4 is 11.0 Å². The molecule has 102 valence electrons. The third-order valence-corrected chi connectivity index (χ3v) is 3.59. The topological polar surface area (TPSA) is 43.8 Å². The van der Waals surface area contributed by atoms with Gasteiger partial charge in [-0.1, -0.05) is 6.07 Å². The number of pyridine rings is 1. The van der Waals surface area contributed by atoms with E-state index in [-0.39, 0.29) is 5.82 Å². The average Bonchev–Trinajstić information content (AvgIpc) is 2.81. The molecule has 0 saturated carbocycles. The number of benzene rings is 1. The summed E-state index contributed by atoms with van der Waals surface area (Å²) in [4.78, 5) is 4.41. The Morgan fingerprint density at radius 3 is 2.90 bits per heavy atom. The summed E-state index contributed by atoms with van der Waals surface area (Å²) in [6.07, 6.45) is 3.76. The highest BCUT2D eigenvalue weighted by atomic mass is 19.1. The SMILES string of the molecule is Cc1ccc(F)cc1Cn1cc(CN)c2cccnc21. The van der Waals surface area contributed by atoms with Crippen molar-refractivity contribution in [3.63, 3.8) is 0 Å². The molecular weight excluding hydrogens is 253 g/mol. The molecule has 0 atom stereocenters. The number of hydrogen-bond acceptors (Lipinski definition) is 2. The summed E-state index contributed by atoms with van der Waals surface area (Å²) in [5, 5.41) is 1.06. The van der Waals surface area contributed by atoms with Crippen molar-refractivity contribution in [1.82, 2.24) is 9.55 Å². The zero-order chi connectivity index (χ0) is 14.1. The summed E-state index contributed by atoms with van der Waals surface area (Å²) >= 11 is 0. The van der Waals surface area contributed by atoms with Gasteiger partial charge in [0.2, 0.25) is 0 Å².